The van der Waals surface area contributed by atoms with Gasteiger partial charge in [0.15, 0.2) is 6.61 Å². The molecular weight excluding hydrogens is 346 g/mol. The third-order valence-electron chi connectivity index (χ3n) is 4.11. The Morgan fingerprint density at radius 2 is 1.64 bits per heavy atom. The van der Waals surface area contributed by atoms with Crippen LogP contribution in [-0.4, -0.2) is 20.8 Å². The van der Waals surface area contributed by atoms with E-state index in [0.717, 1.165) is 0 Å². The van der Waals surface area contributed by atoms with E-state index < -0.39 is 16.2 Å². The Hall–Kier alpha value is -2.34. The number of hydrogen-bond donors (Lipinski definition) is 5. The molecule has 0 aromatic heterocycles. The molecule has 0 atom stereocenters. The molecule has 9 nitrogen and oxygen atoms in total. The van der Waals surface area contributed by atoms with Gasteiger partial charge in [0.1, 0.15) is 11.9 Å². The van der Waals surface area contributed by atoms with Crippen molar-refractivity contribution < 1.29 is 17.9 Å². The summed E-state index contributed by atoms with van der Waals surface area (Å²) in [6.45, 7) is -0.0282. The highest BCUT2D eigenvalue weighted by Crippen LogP contribution is 2.41. The topological polar surface area (TPSA) is 135 Å². The number of hydrazine groups is 3. The van der Waals surface area contributed by atoms with Crippen LogP contribution in [0.25, 0.3) is 11.1 Å². The van der Waals surface area contributed by atoms with Crippen LogP contribution in [0.5, 0.6) is 5.75 Å². The zero-order valence-corrected chi connectivity index (χ0v) is 13.7. The molecule has 1 saturated heterocycles. The van der Waals surface area contributed by atoms with E-state index in [9.17, 15) is 13.2 Å². The molecular formula is C15H15N5O4S. The van der Waals surface area contributed by atoms with E-state index in [1.807, 2.05) is 0 Å². The second kappa shape index (κ2) is 5.88. The Kier molecular flexibility index (Phi) is 3.80. The summed E-state index contributed by atoms with van der Waals surface area (Å²) in [5, 5.41) is 5.40. The number of benzene rings is 2. The van der Waals surface area contributed by atoms with Crippen LogP contribution < -0.4 is 31.8 Å². The number of Topliss-reactive ketones (excluding diaryl/α,β-unsaturated/α-hetero) is 1. The number of primary sulfonamides is 1. The Balaban J connectivity index is 1.99. The summed E-state index contributed by atoms with van der Waals surface area (Å²) in [6.07, 6.45) is -0.572. The molecule has 10 heteroatoms. The van der Waals surface area contributed by atoms with Crippen LogP contribution in [0, 0.1) is 0 Å². The molecule has 130 valence electrons. The number of sulfonamides is 1. The van der Waals surface area contributed by atoms with E-state index in [1.165, 1.54) is 6.07 Å². The lowest BCUT2D eigenvalue weighted by Crippen LogP contribution is -2.33. The van der Waals surface area contributed by atoms with Crippen molar-refractivity contribution in [2.75, 3.05) is 6.61 Å². The summed E-state index contributed by atoms with van der Waals surface area (Å²) in [5.74, 6) is 0.334. The Labute approximate surface area is 143 Å². The van der Waals surface area contributed by atoms with Gasteiger partial charge in [-0.05, 0) is 17.7 Å². The first-order chi connectivity index (χ1) is 12.0. The molecule has 25 heavy (non-hydrogen) atoms. The van der Waals surface area contributed by atoms with Crippen LogP contribution in [0.1, 0.15) is 22.1 Å². The molecule has 2 aliphatic rings. The number of para-hydroxylation sites is 1. The van der Waals surface area contributed by atoms with Crippen LogP contribution in [0.2, 0.25) is 0 Å². The van der Waals surface area contributed by atoms with Gasteiger partial charge in [-0.3, -0.25) is 4.79 Å². The molecule has 0 spiro atoms. The van der Waals surface area contributed by atoms with Gasteiger partial charge in [0.25, 0.3) is 0 Å². The lowest BCUT2D eigenvalue weighted by Gasteiger charge is -2.19. The highest BCUT2D eigenvalue weighted by Gasteiger charge is 2.30. The van der Waals surface area contributed by atoms with Gasteiger partial charge < -0.3 is 4.74 Å². The number of hydrogen-bond acceptors (Lipinski definition) is 8. The molecule has 1 fully saturated rings. The minimum Gasteiger partial charge on any atom is -0.484 e. The number of carbonyl (C=O) groups is 1. The van der Waals surface area contributed by atoms with Crippen LogP contribution >= 0.6 is 0 Å². The molecule has 2 aliphatic heterocycles. The van der Waals surface area contributed by atoms with E-state index in [1.54, 1.807) is 30.3 Å². The Bertz CT molecular complexity index is 970. The second-order valence-electron chi connectivity index (χ2n) is 5.63. The fraction of sp³-hybridized carbons (Fsp3) is 0.133. The van der Waals surface area contributed by atoms with Crippen LogP contribution in [0.4, 0.5) is 0 Å². The van der Waals surface area contributed by atoms with Gasteiger partial charge in [0, 0.05) is 11.1 Å². The molecule has 0 unspecified atom stereocenters. The van der Waals surface area contributed by atoms with Crippen molar-refractivity contribution >= 4 is 15.8 Å². The monoisotopic (exact) mass is 361 g/mol. The Morgan fingerprint density at radius 1 is 1.00 bits per heavy atom. The maximum atomic E-state index is 12.1. The molecule has 0 aliphatic carbocycles. The average molecular weight is 361 g/mol. The molecule has 4 rings (SSSR count). The summed E-state index contributed by atoms with van der Waals surface area (Å²) < 4.78 is 29.7. The number of nitrogens with two attached hydrogens (primary N) is 1. The molecule has 0 radical (unpaired) electrons. The number of carbonyl (C=O) groups excluding carboxylic acids is 1. The highest BCUT2D eigenvalue weighted by atomic mass is 32.2. The van der Waals surface area contributed by atoms with Crippen molar-refractivity contribution in [3.63, 3.8) is 0 Å². The lowest BCUT2D eigenvalue weighted by atomic mass is 9.95. The smallest absolute Gasteiger partial charge is 0.238 e. The minimum absolute atomic E-state index is 0.0255. The fourth-order valence-corrected chi connectivity index (χ4v) is 3.86. The van der Waals surface area contributed by atoms with Crippen molar-refractivity contribution in [3.8, 4) is 16.9 Å². The third-order valence-corrected chi connectivity index (χ3v) is 5.08. The van der Waals surface area contributed by atoms with Crippen molar-refractivity contribution in [1.82, 2.24) is 21.9 Å². The number of fused-ring (bicyclic) bond motifs is 1. The maximum absolute atomic E-state index is 12.1. The van der Waals surface area contributed by atoms with Gasteiger partial charge >= 0.3 is 0 Å². The number of rotatable bonds is 3. The quantitative estimate of drug-likeness (QED) is 0.503. The minimum atomic E-state index is -3.97. The second-order valence-corrected chi connectivity index (χ2v) is 7.16. The molecule has 2 aromatic rings. The van der Waals surface area contributed by atoms with E-state index in [4.69, 9.17) is 9.88 Å². The predicted molar refractivity (Wildman–Crippen MR) is 88.4 cm³/mol. The fourth-order valence-electron chi connectivity index (χ4n) is 3.06. The first kappa shape index (κ1) is 16.1. The van der Waals surface area contributed by atoms with Crippen molar-refractivity contribution in [2.24, 2.45) is 5.14 Å². The summed E-state index contributed by atoms with van der Waals surface area (Å²) in [4.78, 5) is 11.9. The van der Waals surface area contributed by atoms with Crippen LogP contribution in [0.15, 0.2) is 41.3 Å². The van der Waals surface area contributed by atoms with E-state index in [2.05, 4.69) is 21.9 Å². The van der Waals surface area contributed by atoms with Gasteiger partial charge in [-0.15, -0.1) is 0 Å². The van der Waals surface area contributed by atoms with E-state index in [-0.39, 0.29) is 17.3 Å². The molecule has 0 saturated carbocycles. The maximum Gasteiger partial charge on any atom is 0.238 e. The summed E-state index contributed by atoms with van der Waals surface area (Å²) >= 11 is 0. The molecule has 0 amide bonds. The number of nitrogens with one attached hydrogen (secondary N) is 4. The summed E-state index contributed by atoms with van der Waals surface area (Å²) in [6, 6.07) is 9.99. The highest BCUT2D eigenvalue weighted by molar-refractivity contribution is 7.89. The molecule has 0 bridgehead atoms. The van der Waals surface area contributed by atoms with Crippen molar-refractivity contribution in [1.29, 1.82) is 0 Å². The molecule has 6 N–H and O–H groups in total. The van der Waals surface area contributed by atoms with Crippen molar-refractivity contribution in [2.45, 2.75) is 11.1 Å². The summed E-state index contributed by atoms with van der Waals surface area (Å²) in [7, 11) is -3.97. The third kappa shape index (κ3) is 2.70. The lowest BCUT2D eigenvalue weighted by molar-refractivity contribution is 0.0961. The first-order valence-corrected chi connectivity index (χ1v) is 8.97. The number of ether oxygens (including phenoxy) is 1. The summed E-state index contributed by atoms with van der Waals surface area (Å²) in [5.41, 5.74) is 13.2. The average Bonchev–Trinajstić information content (AvgIpc) is 3.24. The van der Waals surface area contributed by atoms with Gasteiger partial charge in [-0.2, -0.15) is 11.1 Å². The largest absolute Gasteiger partial charge is 0.484 e. The predicted octanol–water partition coefficient (Wildman–Crippen LogP) is -0.308. The van der Waals surface area contributed by atoms with Gasteiger partial charge in [-0.1, -0.05) is 24.3 Å². The standard InChI is InChI=1S/C15H15N5O4S/c16-25(22,23)12-6-2-3-8(13(12)15-17-19-20-18-15)9-4-1-5-10-11(21)7-24-14(9)10/h1-6,15,17-20H,7H2,(H2,16,22,23). The van der Waals surface area contributed by atoms with Crippen molar-refractivity contribution in [3.05, 3.63) is 47.5 Å². The zero-order valence-electron chi connectivity index (χ0n) is 12.9. The van der Waals surface area contributed by atoms with Gasteiger partial charge in [-0.25, -0.2) is 24.4 Å². The van der Waals surface area contributed by atoms with E-state index >= 15 is 0 Å². The van der Waals surface area contributed by atoms with Crippen LogP contribution in [0.3, 0.4) is 0 Å². The number of ketones is 1. The zero-order chi connectivity index (χ0) is 17.6. The molecule has 2 aromatic carbocycles. The van der Waals surface area contributed by atoms with E-state index in [0.29, 0.717) is 28.0 Å². The van der Waals surface area contributed by atoms with Gasteiger partial charge in [0.2, 0.25) is 15.8 Å². The normalized spacial score (nSPS) is 17.6. The van der Waals surface area contributed by atoms with Crippen LogP contribution in [-0.2, 0) is 10.0 Å². The molecule has 2 heterocycles. The Morgan fingerprint density at radius 3 is 2.36 bits per heavy atom. The van der Waals surface area contributed by atoms with Gasteiger partial charge in [0.05, 0.1) is 10.5 Å². The SMILES string of the molecule is NS(=O)(=O)c1cccc(-c2cccc3c2OCC3=O)c1C1NNNN1. The first-order valence-electron chi connectivity index (χ1n) is 7.43.